The molecule has 0 bridgehead atoms. The van der Waals surface area contributed by atoms with Crippen LogP contribution in [0, 0.1) is 0 Å². The van der Waals surface area contributed by atoms with Crippen molar-refractivity contribution in [1.82, 2.24) is 0 Å². The van der Waals surface area contributed by atoms with Gasteiger partial charge >= 0.3 is 5.97 Å². The predicted molar refractivity (Wildman–Crippen MR) is 109 cm³/mol. The molecule has 0 aliphatic carbocycles. The molecule has 1 N–H and O–H groups in total. The number of carboxylic acid groups (broad SMARTS) is 1. The van der Waals surface area contributed by atoms with Gasteiger partial charge in [0.25, 0.3) is 0 Å². The molecule has 0 heterocycles. The summed E-state index contributed by atoms with van der Waals surface area (Å²) in [7, 11) is 0. The summed E-state index contributed by atoms with van der Waals surface area (Å²) in [6.07, 6.45) is 23.9. The topological polar surface area (TPSA) is 37.3 Å². The minimum atomic E-state index is -0.730. The van der Waals surface area contributed by atoms with E-state index in [9.17, 15) is 4.79 Å². The van der Waals surface area contributed by atoms with E-state index >= 15 is 0 Å². The van der Waals surface area contributed by atoms with Crippen LogP contribution >= 0.6 is 15.9 Å². The first kappa shape index (κ1) is 23.9. The maximum absolute atomic E-state index is 10.7. The lowest BCUT2D eigenvalue weighted by Gasteiger charge is -2.05. The molecule has 0 spiro atoms. The first-order chi connectivity index (χ1) is 11.7. The van der Waals surface area contributed by atoms with Crippen LogP contribution in [0.25, 0.3) is 0 Å². The van der Waals surface area contributed by atoms with E-state index in [4.69, 9.17) is 5.11 Å². The van der Waals surface area contributed by atoms with Crippen molar-refractivity contribution in [3.05, 3.63) is 0 Å². The molecule has 0 rings (SSSR count). The van der Waals surface area contributed by atoms with Crippen LogP contribution in [0.4, 0.5) is 0 Å². The third kappa shape index (κ3) is 18.3. The Hall–Kier alpha value is -0.0500. The van der Waals surface area contributed by atoms with E-state index in [0.29, 0.717) is 0 Å². The lowest BCUT2D eigenvalue weighted by molar-refractivity contribution is -0.136. The molecule has 1 atom stereocenters. The summed E-state index contributed by atoms with van der Waals surface area (Å²) in [5, 5.41) is 8.77. The van der Waals surface area contributed by atoms with Crippen LogP contribution in [-0.2, 0) is 4.79 Å². The van der Waals surface area contributed by atoms with E-state index in [1.165, 1.54) is 103 Å². The Labute approximate surface area is 159 Å². The third-order valence-corrected chi connectivity index (χ3v) is 5.68. The maximum atomic E-state index is 10.7. The van der Waals surface area contributed by atoms with Gasteiger partial charge in [0.1, 0.15) is 4.83 Å². The summed E-state index contributed by atoms with van der Waals surface area (Å²) in [5.41, 5.74) is 0. The number of carbonyl (C=O) groups is 1. The minimum Gasteiger partial charge on any atom is -0.480 e. The van der Waals surface area contributed by atoms with Gasteiger partial charge in [-0.25, -0.2) is 0 Å². The van der Waals surface area contributed by atoms with Gasteiger partial charge < -0.3 is 5.11 Å². The second-order valence-corrected chi connectivity index (χ2v) is 8.36. The predicted octanol–water partition coefficient (Wildman–Crippen LogP) is 7.88. The van der Waals surface area contributed by atoms with Crippen molar-refractivity contribution in [3.63, 3.8) is 0 Å². The van der Waals surface area contributed by atoms with Gasteiger partial charge in [-0.05, 0) is 6.42 Å². The number of hydrogen-bond donors (Lipinski definition) is 1. The standard InChI is InChI=1S/C21H41BrO2/c1-2-3-4-5-6-7-8-9-10-11-12-13-14-15-16-17-18-19-20(22)21(23)24/h20H,2-19H2,1H3,(H,23,24). The van der Waals surface area contributed by atoms with Crippen molar-refractivity contribution in [2.45, 2.75) is 127 Å². The molecule has 0 aliphatic rings. The van der Waals surface area contributed by atoms with Crippen LogP contribution in [0.3, 0.4) is 0 Å². The summed E-state index contributed by atoms with van der Waals surface area (Å²) in [6.45, 7) is 2.28. The molecule has 0 saturated heterocycles. The van der Waals surface area contributed by atoms with E-state index in [1.54, 1.807) is 0 Å². The maximum Gasteiger partial charge on any atom is 0.317 e. The summed E-state index contributed by atoms with van der Waals surface area (Å²) >= 11 is 3.19. The molecule has 0 saturated carbocycles. The molecule has 144 valence electrons. The van der Waals surface area contributed by atoms with Crippen LogP contribution in [0.5, 0.6) is 0 Å². The van der Waals surface area contributed by atoms with Crippen molar-refractivity contribution in [2.24, 2.45) is 0 Å². The van der Waals surface area contributed by atoms with Crippen LogP contribution in [-0.4, -0.2) is 15.9 Å². The number of aliphatic carboxylic acids is 1. The Morgan fingerprint density at radius 1 is 0.667 bits per heavy atom. The highest BCUT2D eigenvalue weighted by Gasteiger charge is 2.11. The summed E-state index contributed by atoms with van der Waals surface area (Å²) in [6, 6.07) is 0. The smallest absolute Gasteiger partial charge is 0.317 e. The lowest BCUT2D eigenvalue weighted by Crippen LogP contribution is -2.11. The molecule has 0 amide bonds. The Bertz CT molecular complexity index is 269. The van der Waals surface area contributed by atoms with E-state index in [-0.39, 0.29) is 4.83 Å². The van der Waals surface area contributed by atoms with E-state index in [0.717, 1.165) is 12.8 Å². The number of hydrogen-bond acceptors (Lipinski definition) is 1. The van der Waals surface area contributed by atoms with Gasteiger partial charge in [0, 0.05) is 0 Å². The van der Waals surface area contributed by atoms with Gasteiger partial charge in [-0.3, -0.25) is 4.79 Å². The second-order valence-electron chi connectivity index (χ2n) is 7.25. The molecule has 0 aromatic heterocycles. The zero-order valence-electron chi connectivity index (χ0n) is 16.0. The zero-order chi connectivity index (χ0) is 17.9. The Balaban J connectivity index is 3.04. The second kappa shape index (κ2) is 19.3. The number of rotatable bonds is 19. The molecule has 0 fully saturated rings. The molecule has 1 unspecified atom stereocenters. The van der Waals surface area contributed by atoms with Crippen molar-refractivity contribution >= 4 is 21.9 Å². The highest BCUT2D eigenvalue weighted by atomic mass is 79.9. The molecule has 3 heteroatoms. The van der Waals surface area contributed by atoms with E-state index in [2.05, 4.69) is 22.9 Å². The highest BCUT2D eigenvalue weighted by Crippen LogP contribution is 2.15. The molecular weight excluding hydrogens is 364 g/mol. The Kier molecular flexibility index (Phi) is 19.2. The SMILES string of the molecule is CCCCCCCCCCCCCCCCCCCC(Br)C(=O)O. The fraction of sp³-hybridized carbons (Fsp3) is 0.952. The number of carboxylic acids is 1. The monoisotopic (exact) mass is 404 g/mol. The minimum absolute atomic E-state index is 0.353. The van der Waals surface area contributed by atoms with E-state index < -0.39 is 5.97 Å². The number of unbranched alkanes of at least 4 members (excludes halogenated alkanes) is 16. The van der Waals surface area contributed by atoms with Gasteiger partial charge in [0.05, 0.1) is 0 Å². The van der Waals surface area contributed by atoms with Crippen LogP contribution in [0.2, 0.25) is 0 Å². The molecule has 0 aromatic rings. The average molecular weight is 405 g/mol. The van der Waals surface area contributed by atoms with Crippen molar-refractivity contribution < 1.29 is 9.90 Å². The molecular formula is C21H41BrO2. The summed E-state index contributed by atoms with van der Waals surface area (Å²) in [4.78, 5) is 10.3. The average Bonchev–Trinajstić information content (AvgIpc) is 2.57. The van der Waals surface area contributed by atoms with Crippen LogP contribution in [0.15, 0.2) is 0 Å². The van der Waals surface area contributed by atoms with Gasteiger partial charge in [-0.2, -0.15) is 0 Å². The van der Waals surface area contributed by atoms with Crippen LogP contribution in [0.1, 0.15) is 122 Å². The van der Waals surface area contributed by atoms with Gasteiger partial charge in [0.15, 0.2) is 0 Å². The molecule has 0 radical (unpaired) electrons. The van der Waals surface area contributed by atoms with E-state index in [1.807, 2.05) is 0 Å². The van der Waals surface area contributed by atoms with Crippen molar-refractivity contribution in [1.29, 1.82) is 0 Å². The largest absolute Gasteiger partial charge is 0.480 e. The highest BCUT2D eigenvalue weighted by molar-refractivity contribution is 9.10. The van der Waals surface area contributed by atoms with Gasteiger partial charge in [-0.15, -0.1) is 0 Å². The first-order valence-electron chi connectivity index (χ1n) is 10.5. The van der Waals surface area contributed by atoms with Crippen LogP contribution < -0.4 is 0 Å². The fourth-order valence-corrected chi connectivity index (χ4v) is 3.50. The van der Waals surface area contributed by atoms with Gasteiger partial charge in [0.2, 0.25) is 0 Å². The summed E-state index contributed by atoms with van der Waals surface area (Å²) in [5.74, 6) is -0.730. The zero-order valence-corrected chi connectivity index (χ0v) is 17.6. The quantitative estimate of drug-likeness (QED) is 0.175. The lowest BCUT2D eigenvalue weighted by atomic mass is 10.0. The molecule has 24 heavy (non-hydrogen) atoms. The van der Waals surface area contributed by atoms with Crippen molar-refractivity contribution in [3.8, 4) is 0 Å². The molecule has 2 nitrogen and oxygen atoms in total. The fourth-order valence-electron chi connectivity index (χ4n) is 3.17. The van der Waals surface area contributed by atoms with Gasteiger partial charge in [-0.1, -0.05) is 132 Å². The third-order valence-electron chi connectivity index (χ3n) is 4.83. The number of halogens is 1. The molecule has 0 aromatic carbocycles. The number of alkyl halides is 1. The Morgan fingerprint density at radius 2 is 0.958 bits per heavy atom. The Morgan fingerprint density at radius 3 is 1.25 bits per heavy atom. The summed E-state index contributed by atoms with van der Waals surface area (Å²) < 4.78 is 0. The normalized spacial score (nSPS) is 12.4. The first-order valence-corrected chi connectivity index (χ1v) is 11.5. The van der Waals surface area contributed by atoms with Crippen molar-refractivity contribution in [2.75, 3.05) is 0 Å². The molecule has 0 aliphatic heterocycles.